The van der Waals surface area contributed by atoms with Gasteiger partial charge in [0.1, 0.15) is 0 Å². The predicted molar refractivity (Wildman–Crippen MR) is 117 cm³/mol. The highest BCUT2D eigenvalue weighted by Gasteiger charge is 2.21. The monoisotopic (exact) mass is 400 g/mol. The fourth-order valence-electron chi connectivity index (χ4n) is 3.50. The maximum Gasteiger partial charge on any atom is 0.322 e. The van der Waals surface area contributed by atoms with Gasteiger partial charge in [0.05, 0.1) is 17.4 Å². The molecule has 1 aliphatic rings. The fourth-order valence-corrected chi connectivity index (χ4v) is 3.63. The summed E-state index contributed by atoms with van der Waals surface area (Å²) in [4.78, 5) is 19.4. The maximum absolute atomic E-state index is 12.9. The van der Waals surface area contributed by atoms with Crippen LogP contribution in [-0.4, -0.2) is 55.6 Å². The van der Waals surface area contributed by atoms with Crippen LogP contribution in [0.3, 0.4) is 0 Å². The van der Waals surface area contributed by atoms with Crippen molar-refractivity contribution in [3.05, 3.63) is 59.1 Å². The standard InChI is InChI=1S/C22H29ClN4O/c1-4-26-13-15-27(16-14-26)21-8-6-5-7-20(21)24-22(28)25(3)17(2)18-9-11-19(23)12-10-18/h5-12,17H,4,13-16H2,1-3H3,(H,24,28)/t17-/m0/s1. The van der Waals surface area contributed by atoms with Crippen LogP contribution in [-0.2, 0) is 0 Å². The molecule has 0 aliphatic carbocycles. The number of hydrogen-bond donors (Lipinski definition) is 1. The number of halogens is 1. The Balaban J connectivity index is 1.69. The molecule has 0 spiro atoms. The molecule has 6 heteroatoms. The number of carbonyl (C=O) groups excluding carboxylic acids is 1. The second kappa shape index (κ2) is 9.30. The van der Waals surface area contributed by atoms with Crippen LogP contribution in [0, 0.1) is 0 Å². The van der Waals surface area contributed by atoms with Gasteiger partial charge in [0.15, 0.2) is 0 Å². The Labute approximate surface area is 172 Å². The number of anilines is 2. The van der Waals surface area contributed by atoms with E-state index in [0.29, 0.717) is 5.02 Å². The zero-order valence-electron chi connectivity index (χ0n) is 16.9. The third kappa shape index (κ3) is 4.78. The van der Waals surface area contributed by atoms with E-state index in [0.717, 1.165) is 49.7 Å². The number of benzene rings is 2. The van der Waals surface area contributed by atoms with Crippen molar-refractivity contribution in [1.82, 2.24) is 9.80 Å². The van der Waals surface area contributed by atoms with Gasteiger partial charge in [0, 0.05) is 38.2 Å². The molecular weight excluding hydrogens is 372 g/mol. The molecular formula is C22H29ClN4O. The van der Waals surface area contributed by atoms with E-state index < -0.39 is 0 Å². The lowest BCUT2D eigenvalue weighted by atomic mass is 10.1. The molecule has 2 amide bonds. The van der Waals surface area contributed by atoms with Crippen LogP contribution < -0.4 is 10.2 Å². The zero-order chi connectivity index (χ0) is 20.1. The molecule has 3 rings (SSSR count). The molecule has 0 unspecified atom stereocenters. The van der Waals surface area contributed by atoms with Crippen LogP contribution in [0.4, 0.5) is 16.2 Å². The number of nitrogens with one attached hydrogen (secondary N) is 1. The van der Waals surface area contributed by atoms with Gasteiger partial charge in [-0.05, 0) is 43.3 Å². The molecule has 0 saturated carbocycles. The lowest BCUT2D eigenvalue weighted by molar-refractivity contribution is 0.208. The van der Waals surface area contributed by atoms with E-state index in [1.807, 2.05) is 56.4 Å². The molecule has 0 radical (unpaired) electrons. The normalized spacial score (nSPS) is 15.9. The average Bonchev–Trinajstić information content (AvgIpc) is 2.73. The Bertz CT molecular complexity index is 787. The largest absolute Gasteiger partial charge is 0.367 e. The van der Waals surface area contributed by atoms with Crippen molar-refractivity contribution in [3.8, 4) is 0 Å². The number of piperazine rings is 1. The number of carbonyl (C=O) groups is 1. The highest BCUT2D eigenvalue weighted by Crippen LogP contribution is 2.28. The van der Waals surface area contributed by atoms with E-state index in [1.54, 1.807) is 4.90 Å². The highest BCUT2D eigenvalue weighted by molar-refractivity contribution is 6.30. The average molecular weight is 401 g/mol. The second-order valence-corrected chi connectivity index (χ2v) is 7.64. The Morgan fingerprint density at radius 3 is 2.39 bits per heavy atom. The van der Waals surface area contributed by atoms with Crippen LogP contribution >= 0.6 is 11.6 Å². The highest BCUT2D eigenvalue weighted by atomic mass is 35.5. The molecule has 1 fully saturated rings. The molecule has 28 heavy (non-hydrogen) atoms. The molecule has 2 aromatic carbocycles. The van der Waals surface area contributed by atoms with Gasteiger partial charge in [-0.15, -0.1) is 0 Å². The summed E-state index contributed by atoms with van der Waals surface area (Å²) >= 11 is 5.97. The summed E-state index contributed by atoms with van der Waals surface area (Å²) in [6.07, 6.45) is 0. The molecule has 1 heterocycles. The van der Waals surface area contributed by atoms with E-state index in [2.05, 4.69) is 28.1 Å². The number of rotatable bonds is 5. The van der Waals surface area contributed by atoms with Gasteiger partial charge in [-0.3, -0.25) is 0 Å². The number of urea groups is 1. The summed E-state index contributed by atoms with van der Waals surface area (Å²) in [5.41, 5.74) is 2.98. The Hall–Kier alpha value is -2.24. The number of likely N-dealkylation sites (N-methyl/N-ethyl adjacent to an activating group) is 1. The van der Waals surface area contributed by atoms with E-state index in [4.69, 9.17) is 11.6 Å². The first-order valence-corrected chi connectivity index (χ1v) is 10.2. The van der Waals surface area contributed by atoms with Crippen molar-refractivity contribution in [2.75, 3.05) is 50.0 Å². The third-order valence-corrected chi connectivity index (χ3v) is 5.81. The summed E-state index contributed by atoms with van der Waals surface area (Å²) < 4.78 is 0. The summed E-state index contributed by atoms with van der Waals surface area (Å²) in [7, 11) is 1.82. The smallest absolute Gasteiger partial charge is 0.322 e. The summed E-state index contributed by atoms with van der Waals surface area (Å²) in [5, 5.41) is 3.80. The van der Waals surface area contributed by atoms with Gasteiger partial charge in [-0.2, -0.15) is 0 Å². The van der Waals surface area contributed by atoms with Gasteiger partial charge >= 0.3 is 6.03 Å². The van der Waals surface area contributed by atoms with E-state index in [1.165, 1.54) is 0 Å². The minimum atomic E-state index is -0.123. The Kier molecular flexibility index (Phi) is 6.81. The number of hydrogen-bond acceptors (Lipinski definition) is 3. The van der Waals surface area contributed by atoms with Crippen LogP contribution in [0.15, 0.2) is 48.5 Å². The van der Waals surface area contributed by atoms with Crippen molar-refractivity contribution in [1.29, 1.82) is 0 Å². The molecule has 1 aliphatic heterocycles. The zero-order valence-corrected chi connectivity index (χ0v) is 17.6. The summed E-state index contributed by atoms with van der Waals surface area (Å²) in [5.74, 6) is 0. The first kappa shape index (κ1) is 20.5. The van der Waals surface area contributed by atoms with Crippen molar-refractivity contribution in [3.63, 3.8) is 0 Å². The second-order valence-electron chi connectivity index (χ2n) is 7.21. The molecule has 0 bridgehead atoms. The minimum Gasteiger partial charge on any atom is -0.367 e. The van der Waals surface area contributed by atoms with Crippen LogP contribution in [0.1, 0.15) is 25.5 Å². The van der Waals surface area contributed by atoms with Gasteiger partial charge in [-0.25, -0.2) is 4.79 Å². The molecule has 1 atom stereocenters. The fraction of sp³-hybridized carbons (Fsp3) is 0.409. The van der Waals surface area contributed by atoms with Gasteiger partial charge in [0.2, 0.25) is 0 Å². The van der Waals surface area contributed by atoms with Crippen LogP contribution in [0.5, 0.6) is 0 Å². The lowest BCUT2D eigenvalue weighted by Crippen LogP contribution is -2.46. The molecule has 150 valence electrons. The Morgan fingerprint density at radius 2 is 1.75 bits per heavy atom. The quantitative estimate of drug-likeness (QED) is 0.790. The van der Waals surface area contributed by atoms with Crippen molar-refractivity contribution in [2.24, 2.45) is 0 Å². The maximum atomic E-state index is 12.9. The Morgan fingerprint density at radius 1 is 1.11 bits per heavy atom. The number of amides is 2. The van der Waals surface area contributed by atoms with Crippen LogP contribution in [0.2, 0.25) is 5.02 Å². The topological polar surface area (TPSA) is 38.8 Å². The SMILES string of the molecule is CCN1CCN(c2ccccc2NC(=O)N(C)[C@@H](C)c2ccc(Cl)cc2)CC1. The van der Waals surface area contributed by atoms with Gasteiger partial charge in [0.25, 0.3) is 0 Å². The van der Waals surface area contributed by atoms with E-state index in [9.17, 15) is 4.79 Å². The molecule has 1 N–H and O–H groups in total. The van der Waals surface area contributed by atoms with Crippen molar-refractivity contribution in [2.45, 2.75) is 19.9 Å². The summed E-state index contributed by atoms with van der Waals surface area (Å²) in [6.45, 7) is 9.33. The first-order chi connectivity index (χ1) is 13.5. The van der Waals surface area contributed by atoms with E-state index >= 15 is 0 Å². The number of nitrogens with zero attached hydrogens (tertiary/aromatic N) is 3. The van der Waals surface area contributed by atoms with Crippen molar-refractivity contribution >= 4 is 29.0 Å². The van der Waals surface area contributed by atoms with Crippen LogP contribution in [0.25, 0.3) is 0 Å². The third-order valence-electron chi connectivity index (χ3n) is 5.56. The number of para-hydroxylation sites is 2. The van der Waals surface area contributed by atoms with E-state index in [-0.39, 0.29) is 12.1 Å². The molecule has 0 aromatic heterocycles. The lowest BCUT2D eigenvalue weighted by Gasteiger charge is -2.36. The first-order valence-electron chi connectivity index (χ1n) is 9.85. The van der Waals surface area contributed by atoms with Gasteiger partial charge in [-0.1, -0.05) is 42.8 Å². The minimum absolute atomic E-state index is 0.0578. The summed E-state index contributed by atoms with van der Waals surface area (Å²) in [6, 6.07) is 15.5. The van der Waals surface area contributed by atoms with Crippen molar-refractivity contribution < 1.29 is 4.79 Å². The van der Waals surface area contributed by atoms with Gasteiger partial charge < -0.3 is 20.0 Å². The predicted octanol–water partition coefficient (Wildman–Crippen LogP) is 4.71. The molecule has 2 aromatic rings. The molecule has 5 nitrogen and oxygen atoms in total. The molecule has 1 saturated heterocycles.